The standard InChI is InChI=1S/C16H23N5O4/c1-15(2,3)25-14(22)20-16(8-24-9-16)11-6-4-10(5-7-11)12(17)19-13(18)21-23/h4-7,23H,8-9H2,1-3H3,(H,20,22)(H4,17,18,19,21). The number of ether oxygens (including phenoxy) is 2. The van der Waals surface area contributed by atoms with Gasteiger partial charge >= 0.3 is 6.09 Å². The Morgan fingerprint density at radius 3 is 2.32 bits per heavy atom. The third-order valence-corrected chi connectivity index (χ3v) is 3.51. The van der Waals surface area contributed by atoms with Crippen molar-refractivity contribution in [2.24, 2.45) is 21.6 Å². The Bertz CT molecular complexity index is 687. The molecule has 9 heteroatoms. The minimum absolute atomic E-state index is 0.112. The number of rotatable bonds is 3. The maximum atomic E-state index is 12.1. The van der Waals surface area contributed by atoms with Gasteiger partial charge in [0.2, 0.25) is 0 Å². The third kappa shape index (κ3) is 4.60. The molecule has 0 bridgehead atoms. The first-order chi connectivity index (χ1) is 11.6. The highest BCUT2D eigenvalue weighted by Gasteiger charge is 2.42. The second kappa shape index (κ2) is 6.98. The summed E-state index contributed by atoms with van der Waals surface area (Å²) in [5, 5.41) is 14.1. The van der Waals surface area contributed by atoms with Crippen molar-refractivity contribution in [3.8, 4) is 0 Å². The van der Waals surface area contributed by atoms with Gasteiger partial charge < -0.3 is 31.5 Å². The van der Waals surface area contributed by atoms with Crippen molar-refractivity contribution in [1.82, 2.24) is 5.32 Å². The number of alkyl carbamates (subject to hydrolysis) is 1. The van der Waals surface area contributed by atoms with Crippen LogP contribution in [0.15, 0.2) is 34.4 Å². The van der Waals surface area contributed by atoms with Crippen LogP contribution in [0.1, 0.15) is 31.9 Å². The fraction of sp³-hybridized carbons (Fsp3) is 0.438. The topological polar surface area (TPSA) is 145 Å². The van der Waals surface area contributed by atoms with Crippen molar-refractivity contribution in [1.29, 1.82) is 0 Å². The molecule has 0 atom stereocenters. The van der Waals surface area contributed by atoms with E-state index in [-0.39, 0.29) is 11.8 Å². The lowest BCUT2D eigenvalue weighted by atomic mass is 9.87. The summed E-state index contributed by atoms with van der Waals surface area (Å²) < 4.78 is 10.6. The molecule has 0 radical (unpaired) electrons. The lowest BCUT2D eigenvalue weighted by Gasteiger charge is -2.42. The van der Waals surface area contributed by atoms with Gasteiger partial charge in [0.1, 0.15) is 17.0 Å². The van der Waals surface area contributed by atoms with Crippen molar-refractivity contribution in [3.63, 3.8) is 0 Å². The summed E-state index contributed by atoms with van der Waals surface area (Å²) in [6.45, 7) is 6.09. The number of amidine groups is 1. The Morgan fingerprint density at radius 2 is 1.88 bits per heavy atom. The lowest BCUT2D eigenvalue weighted by Crippen LogP contribution is -2.60. The molecule has 1 amide bonds. The summed E-state index contributed by atoms with van der Waals surface area (Å²) >= 11 is 0. The van der Waals surface area contributed by atoms with Gasteiger partial charge in [0.25, 0.3) is 5.96 Å². The molecule has 1 aliphatic heterocycles. The number of aliphatic imine (C=N–C) groups is 1. The highest BCUT2D eigenvalue weighted by molar-refractivity contribution is 6.04. The molecular weight excluding hydrogens is 326 g/mol. The Hall–Kier alpha value is -2.81. The molecule has 2 rings (SSSR count). The van der Waals surface area contributed by atoms with Gasteiger partial charge in [0.05, 0.1) is 13.2 Å². The van der Waals surface area contributed by atoms with Crippen LogP contribution in [0.4, 0.5) is 4.79 Å². The number of nitrogens with zero attached hydrogens (tertiary/aromatic N) is 2. The van der Waals surface area contributed by atoms with Gasteiger partial charge in [-0.1, -0.05) is 24.3 Å². The minimum Gasteiger partial charge on any atom is -0.444 e. The maximum absolute atomic E-state index is 12.1. The lowest BCUT2D eigenvalue weighted by molar-refractivity contribution is -0.0797. The molecule has 1 saturated heterocycles. The van der Waals surface area contributed by atoms with Gasteiger partial charge in [-0.15, -0.1) is 0 Å². The number of benzene rings is 1. The molecule has 0 aromatic heterocycles. The maximum Gasteiger partial charge on any atom is 0.408 e. The molecule has 0 saturated carbocycles. The third-order valence-electron chi connectivity index (χ3n) is 3.51. The fourth-order valence-electron chi connectivity index (χ4n) is 2.29. The zero-order valence-electron chi connectivity index (χ0n) is 14.4. The van der Waals surface area contributed by atoms with E-state index in [0.717, 1.165) is 5.56 Å². The van der Waals surface area contributed by atoms with Crippen LogP contribution >= 0.6 is 0 Å². The number of nitrogens with one attached hydrogen (secondary N) is 1. The summed E-state index contributed by atoms with van der Waals surface area (Å²) in [6.07, 6.45) is -0.507. The summed E-state index contributed by atoms with van der Waals surface area (Å²) in [6, 6.07) is 7.08. The molecule has 6 N–H and O–H groups in total. The normalized spacial score (nSPS) is 17.6. The largest absolute Gasteiger partial charge is 0.444 e. The molecule has 0 unspecified atom stereocenters. The molecule has 25 heavy (non-hydrogen) atoms. The van der Waals surface area contributed by atoms with Gasteiger partial charge in [-0.25, -0.2) is 4.79 Å². The number of oxime groups is 1. The first-order valence-corrected chi connectivity index (χ1v) is 7.67. The average Bonchev–Trinajstić information content (AvgIpc) is 2.49. The van der Waals surface area contributed by atoms with Crippen LogP contribution in [0, 0.1) is 0 Å². The molecule has 0 spiro atoms. The molecule has 9 nitrogen and oxygen atoms in total. The number of hydrogen-bond donors (Lipinski definition) is 4. The number of hydrogen-bond acceptors (Lipinski definition) is 5. The van der Waals surface area contributed by atoms with Gasteiger partial charge in [0, 0.05) is 5.56 Å². The molecule has 0 aliphatic carbocycles. The van der Waals surface area contributed by atoms with Crippen molar-refractivity contribution < 1.29 is 19.5 Å². The van der Waals surface area contributed by atoms with Crippen molar-refractivity contribution >= 4 is 17.9 Å². The monoisotopic (exact) mass is 349 g/mol. The van der Waals surface area contributed by atoms with E-state index in [2.05, 4.69) is 15.5 Å². The first kappa shape index (κ1) is 18.5. The van der Waals surface area contributed by atoms with E-state index in [9.17, 15) is 4.79 Å². The second-order valence-electron chi connectivity index (χ2n) is 6.73. The SMILES string of the molecule is CC(C)(C)OC(=O)NC1(c2ccc(/C(N)=N/C(N)=N/O)cc2)COC1. The van der Waals surface area contributed by atoms with Crippen LogP contribution in [0.2, 0.25) is 0 Å². The van der Waals surface area contributed by atoms with E-state index in [4.69, 9.17) is 26.1 Å². The molecule has 1 fully saturated rings. The number of guanidine groups is 1. The fourth-order valence-corrected chi connectivity index (χ4v) is 2.29. The minimum atomic E-state index is -0.641. The molecule has 136 valence electrons. The number of nitrogens with two attached hydrogens (primary N) is 2. The van der Waals surface area contributed by atoms with Crippen molar-refractivity contribution in [2.75, 3.05) is 13.2 Å². The molecule has 1 aliphatic rings. The zero-order valence-corrected chi connectivity index (χ0v) is 14.4. The Morgan fingerprint density at radius 1 is 1.28 bits per heavy atom. The molecule has 1 heterocycles. The summed E-state index contributed by atoms with van der Waals surface area (Å²) in [4.78, 5) is 15.8. The predicted molar refractivity (Wildman–Crippen MR) is 92.4 cm³/mol. The van der Waals surface area contributed by atoms with Crippen LogP contribution < -0.4 is 16.8 Å². The van der Waals surface area contributed by atoms with E-state index in [0.29, 0.717) is 18.8 Å². The van der Waals surface area contributed by atoms with E-state index in [1.807, 2.05) is 12.1 Å². The van der Waals surface area contributed by atoms with Gasteiger partial charge in [0.15, 0.2) is 0 Å². The second-order valence-corrected chi connectivity index (χ2v) is 6.73. The summed E-state index contributed by atoms with van der Waals surface area (Å²) in [5.41, 5.74) is 11.3. The van der Waals surface area contributed by atoms with Crippen molar-refractivity contribution in [2.45, 2.75) is 31.9 Å². The van der Waals surface area contributed by atoms with Gasteiger partial charge in [-0.2, -0.15) is 4.99 Å². The number of carbonyl (C=O) groups excluding carboxylic acids is 1. The van der Waals surface area contributed by atoms with Crippen LogP contribution in [0.3, 0.4) is 0 Å². The molecular formula is C16H23N5O4. The molecule has 1 aromatic rings. The van der Waals surface area contributed by atoms with Gasteiger partial charge in [-0.05, 0) is 31.5 Å². The Labute approximate surface area is 145 Å². The zero-order chi connectivity index (χ0) is 18.7. The molecule has 1 aromatic carbocycles. The van der Waals surface area contributed by atoms with E-state index in [1.54, 1.807) is 32.9 Å². The van der Waals surface area contributed by atoms with Gasteiger partial charge in [-0.3, -0.25) is 0 Å². The number of amides is 1. The van der Waals surface area contributed by atoms with E-state index in [1.165, 1.54) is 0 Å². The summed E-state index contributed by atoms with van der Waals surface area (Å²) in [5.74, 6) is -0.224. The number of carbonyl (C=O) groups is 1. The van der Waals surface area contributed by atoms with E-state index >= 15 is 0 Å². The smallest absolute Gasteiger partial charge is 0.408 e. The van der Waals surface area contributed by atoms with Crippen LogP contribution in [-0.4, -0.2) is 41.9 Å². The van der Waals surface area contributed by atoms with Crippen molar-refractivity contribution in [3.05, 3.63) is 35.4 Å². The van der Waals surface area contributed by atoms with Crippen LogP contribution in [-0.2, 0) is 15.0 Å². The summed E-state index contributed by atoms with van der Waals surface area (Å²) in [7, 11) is 0. The Kier molecular flexibility index (Phi) is 5.17. The van der Waals surface area contributed by atoms with E-state index < -0.39 is 17.2 Å². The first-order valence-electron chi connectivity index (χ1n) is 7.67. The Balaban J connectivity index is 2.16. The predicted octanol–water partition coefficient (Wildman–Crippen LogP) is 0.846. The van der Waals surface area contributed by atoms with Crippen LogP contribution in [0.5, 0.6) is 0 Å². The highest BCUT2D eigenvalue weighted by atomic mass is 16.6. The van der Waals surface area contributed by atoms with Crippen LogP contribution in [0.25, 0.3) is 0 Å². The quantitative estimate of drug-likeness (QED) is 0.275. The average molecular weight is 349 g/mol. The highest BCUT2D eigenvalue weighted by Crippen LogP contribution is 2.30.